The second kappa shape index (κ2) is 10.6. The first-order valence-electron chi connectivity index (χ1n) is 9.60. The zero-order valence-corrected chi connectivity index (χ0v) is 15.1. The SMILES string of the molecule is CCCCCC1CCCCC1CCCOc1ccc(OC)cc1. The summed E-state index contributed by atoms with van der Waals surface area (Å²) in [6.07, 6.45) is 14.0. The van der Waals surface area contributed by atoms with Gasteiger partial charge in [0.25, 0.3) is 0 Å². The van der Waals surface area contributed by atoms with E-state index in [9.17, 15) is 0 Å². The van der Waals surface area contributed by atoms with Gasteiger partial charge in [0.2, 0.25) is 0 Å². The van der Waals surface area contributed by atoms with Gasteiger partial charge >= 0.3 is 0 Å². The molecule has 1 aromatic rings. The summed E-state index contributed by atoms with van der Waals surface area (Å²) in [5.74, 6) is 3.76. The topological polar surface area (TPSA) is 18.5 Å². The van der Waals surface area contributed by atoms with E-state index in [4.69, 9.17) is 9.47 Å². The van der Waals surface area contributed by atoms with E-state index in [1.54, 1.807) is 7.11 Å². The number of rotatable bonds is 10. The van der Waals surface area contributed by atoms with Crippen LogP contribution in [0, 0.1) is 11.8 Å². The second-order valence-electron chi connectivity index (χ2n) is 6.97. The number of hydrogen-bond acceptors (Lipinski definition) is 2. The first-order chi connectivity index (χ1) is 11.3. The van der Waals surface area contributed by atoms with Crippen LogP contribution >= 0.6 is 0 Å². The Morgan fingerprint density at radius 3 is 2.09 bits per heavy atom. The lowest BCUT2D eigenvalue weighted by molar-refractivity contribution is 0.190. The summed E-state index contributed by atoms with van der Waals surface area (Å²) in [6, 6.07) is 7.90. The van der Waals surface area contributed by atoms with Crippen LogP contribution in [0.4, 0.5) is 0 Å². The van der Waals surface area contributed by atoms with Crippen LogP contribution in [0.25, 0.3) is 0 Å². The van der Waals surface area contributed by atoms with Crippen molar-refractivity contribution >= 4 is 0 Å². The van der Waals surface area contributed by atoms with Crippen LogP contribution in [0.1, 0.15) is 71.1 Å². The molecular weight excluding hydrogens is 284 g/mol. The van der Waals surface area contributed by atoms with Gasteiger partial charge in [-0.2, -0.15) is 0 Å². The lowest BCUT2D eigenvalue weighted by Gasteiger charge is -2.31. The van der Waals surface area contributed by atoms with Crippen molar-refractivity contribution in [3.63, 3.8) is 0 Å². The van der Waals surface area contributed by atoms with Crippen LogP contribution in [0.5, 0.6) is 11.5 Å². The minimum atomic E-state index is 0.838. The van der Waals surface area contributed by atoms with E-state index >= 15 is 0 Å². The van der Waals surface area contributed by atoms with Crippen molar-refractivity contribution in [1.82, 2.24) is 0 Å². The van der Waals surface area contributed by atoms with Crippen molar-refractivity contribution in [2.24, 2.45) is 11.8 Å². The fourth-order valence-corrected chi connectivity index (χ4v) is 3.91. The van der Waals surface area contributed by atoms with Crippen molar-refractivity contribution in [2.45, 2.75) is 71.1 Å². The van der Waals surface area contributed by atoms with Gasteiger partial charge in [0, 0.05) is 0 Å². The van der Waals surface area contributed by atoms with Crippen molar-refractivity contribution in [1.29, 1.82) is 0 Å². The lowest BCUT2D eigenvalue weighted by Crippen LogP contribution is -2.20. The molecule has 0 N–H and O–H groups in total. The van der Waals surface area contributed by atoms with E-state index in [0.29, 0.717) is 0 Å². The van der Waals surface area contributed by atoms with Gasteiger partial charge < -0.3 is 9.47 Å². The molecule has 2 heteroatoms. The van der Waals surface area contributed by atoms with Gasteiger partial charge in [0.05, 0.1) is 13.7 Å². The van der Waals surface area contributed by atoms with Crippen molar-refractivity contribution in [2.75, 3.05) is 13.7 Å². The average molecular weight is 319 g/mol. The fraction of sp³-hybridized carbons (Fsp3) is 0.714. The van der Waals surface area contributed by atoms with Gasteiger partial charge in [-0.05, 0) is 48.9 Å². The Bertz CT molecular complexity index is 412. The maximum atomic E-state index is 5.87. The molecule has 0 saturated heterocycles. The highest BCUT2D eigenvalue weighted by atomic mass is 16.5. The van der Waals surface area contributed by atoms with E-state index < -0.39 is 0 Å². The Kier molecular flexibility index (Phi) is 8.35. The van der Waals surface area contributed by atoms with Crippen LogP contribution in [0.15, 0.2) is 24.3 Å². The summed E-state index contributed by atoms with van der Waals surface area (Å²) in [5, 5.41) is 0. The van der Waals surface area contributed by atoms with E-state index in [-0.39, 0.29) is 0 Å². The number of ether oxygens (including phenoxy) is 2. The van der Waals surface area contributed by atoms with E-state index in [1.807, 2.05) is 24.3 Å². The van der Waals surface area contributed by atoms with Crippen LogP contribution in [0.2, 0.25) is 0 Å². The van der Waals surface area contributed by atoms with Crippen LogP contribution < -0.4 is 9.47 Å². The van der Waals surface area contributed by atoms with Gasteiger partial charge in [0.15, 0.2) is 0 Å². The van der Waals surface area contributed by atoms with E-state index in [0.717, 1.165) is 29.9 Å². The molecule has 0 amide bonds. The molecule has 1 aromatic carbocycles. The number of hydrogen-bond donors (Lipinski definition) is 0. The molecule has 1 saturated carbocycles. The monoisotopic (exact) mass is 318 g/mol. The Hall–Kier alpha value is -1.18. The Labute approximate surface area is 142 Å². The van der Waals surface area contributed by atoms with Gasteiger partial charge in [-0.1, -0.05) is 58.3 Å². The quantitative estimate of drug-likeness (QED) is 0.475. The van der Waals surface area contributed by atoms with E-state index in [2.05, 4.69) is 6.92 Å². The third kappa shape index (κ3) is 6.45. The minimum absolute atomic E-state index is 0.838. The Balaban J connectivity index is 1.66. The largest absolute Gasteiger partial charge is 0.497 e. The summed E-state index contributed by atoms with van der Waals surface area (Å²) in [5.41, 5.74) is 0. The second-order valence-corrected chi connectivity index (χ2v) is 6.97. The maximum absolute atomic E-state index is 5.87. The molecular formula is C21H34O2. The van der Waals surface area contributed by atoms with Crippen molar-refractivity contribution in [3.8, 4) is 11.5 Å². The third-order valence-electron chi connectivity index (χ3n) is 5.29. The van der Waals surface area contributed by atoms with Crippen LogP contribution in [-0.2, 0) is 0 Å². The molecule has 1 aliphatic carbocycles. The summed E-state index contributed by atoms with van der Waals surface area (Å²) < 4.78 is 11.0. The molecule has 23 heavy (non-hydrogen) atoms. The zero-order chi connectivity index (χ0) is 16.3. The van der Waals surface area contributed by atoms with Crippen molar-refractivity contribution in [3.05, 3.63) is 24.3 Å². The molecule has 0 spiro atoms. The van der Waals surface area contributed by atoms with Crippen molar-refractivity contribution < 1.29 is 9.47 Å². The van der Waals surface area contributed by atoms with Gasteiger partial charge in [-0.25, -0.2) is 0 Å². The van der Waals surface area contributed by atoms with Crippen LogP contribution in [0.3, 0.4) is 0 Å². The molecule has 0 radical (unpaired) electrons. The predicted molar refractivity (Wildman–Crippen MR) is 97.3 cm³/mol. The molecule has 2 unspecified atom stereocenters. The van der Waals surface area contributed by atoms with E-state index in [1.165, 1.54) is 64.2 Å². The maximum Gasteiger partial charge on any atom is 0.119 e. The first kappa shape index (κ1) is 18.2. The number of unbranched alkanes of at least 4 members (excludes halogenated alkanes) is 2. The average Bonchev–Trinajstić information content (AvgIpc) is 2.60. The number of benzene rings is 1. The minimum Gasteiger partial charge on any atom is -0.497 e. The summed E-state index contributed by atoms with van der Waals surface area (Å²) in [7, 11) is 1.69. The predicted octanol–water partition coefficient (Wildman–Crippen LogP) is 6.24. The summed E-state index contributed by atoms with van der Waals surface area (Å²) in [4.78, 5) is 0. The first-order valence-corrected chi connectivity index (χ1v) is 9.60. The third-order valence-corrected chi connectivity index (χ3v) is 5.29. The molecule has 130 valence electrons. The summed E-state index contributed by atoms with van der Waals surface area (Å²) >= 11 is 0. The van der Waals surface area contributed by atoms with Gasteiger partial charge in [-0.15, -0.1) is 0 Å². The molecule has 2 atom stereocenters. The normalized spacial score (nSPS) is 21.1. The molecule has 1 fully saturated rings. The highest BCUT2D eigenvalue weighted by Crippen LogP contribution is 2.36. The Morgan fingerprint density at radius 1 is 0.870 bits per heavy atom. The molecule has 2 rings (SSSR count). The van der Waals surface area contributed by atoms with Gasteiger partial charge in [-0.3, -0.25) is 0 Å². The molecule has 2 nitrogen and oxygen atoms in total. The zero-order valence-electron chi connectivity index (χ0n) is 15.1. The highest BCUT2D eigenvalue weighted by Gasteiger charge is 2.24. The molecule has 0 aromatic heterocycles. The Morgan fingerprint density at radius 2 is 1.48 bits per heavy atom. The lowest BCUT2D eigenvalue weighted by atomic mass is 9.74. The standard InChI is InChI=1S/C21H34O2/c1-3-4-5-9-18-10-6-7-11-19(18)12-8-17-23-21-15-13-20(22-2)14-16-21/h13-16,18-19H,3-12,17H2,1-2H3. The number of methoxy groups -OCH3 is 1. The van der Waals surface area contributed by atoms with Crippen LogP contribution in [-0.4, -0.2) is 13.7 Å². The molecule has 0 bridgehead atoms. The fourth-order valence-electron chi connectivity index (χ4n) is 3.91. The molecule has 0 heterocycles. The molecule has 0 aliphatic heterocycles. The summed E-state index contributed by atoms with van der Waals surface area (Å²) in [6.45, 7) is 3.14. The molecule has 1 aliphatic rings. The smallest absolute Gasteiger partial charge is 0.119 e. The van der Waals surface area contributed by atoms with Gasteiger partial charge in [0.1, 0.15) is 11.5 Å². The highest BCUT2D eigenvalue weighted by molar-refractivity contribution is 5.31.